The molecule has 0 amide bonds. The highest BCUT2D eigenvalue weighted by molar-refractivity contribution is 7.09. The van der Waals surface area contributed by atoms with Crippen molar-refractivity contribution in [3.8, 4) is 5.75 Å². The van der Waals surface area contributed by atoms with E-state index >= 15 is 0 Å². The standard InChI is InChI=1S/C15H17N5O3S/c1-10-16-14(19-23-10)9-22-12-5-3-11(4-6-12)17-15-18-13(20-24-15)7-8-21-2/h3-6H,7-9H2,1-2H3,(H,17,18,20). The van der Waals surface area contributed by atoms with Gasteiger partial charge in [-0.15, -0.1) is 0 Å². The third kappa shape index (κ3) is 4.49. The quantitative estimate of drug-likeness (QED) is 0.664. The minimum Gasteiger partial charge on any atom is -0.485 e. The van der Waals surface area contributed by atoms with Gasteiger partial charge in [0.2, 0.25) is 16.8 Å². The van der Waals surface area contributed by atoms with Crippen LogP contribution in [0.2, 0.25) is 0 Å². The number of hydrogen-bond acceptors (Lipinski definition) is 9. The molecule has 1 N–H and O–H groups in total. The minimum atomic E-state index is 0.267. The fourth-order valence-electron chi connectivity index (χ4n) is 1.91. The molecule has 3 aromatic rings. The fraction of sp³-hybridized carbons (Fsp3) is 0.333. The van der Waals surface area contributed by atoms with Crippen LogP contribution in [0, 0.1) is 6.92 Å². The molecule has 3 rings (SSSR count). The molecule has 0 atom stereocenters. The van der Waals surface area contributed by atoms with Gasteiger partial charge < -0.3 is 19.3 Å². The van der Waals surface area contributed by atoms with Crippen LogP contribution in [0.4, 0.5) is 10.8 Å². The fourth-order valence-corrected chi connectivity index (χ4v) is 2.54. The van der Waals surface area contributed by atoms with Crippen LogP contribution in [0.15, 0.2) is 28.8 Å². The summed E-state index contributed by atoms with van der Waals surface area (Å²) in [7, 11) is 1.66. The molecule has 0 unspecified atom stereocenters. The van der Waals surface area contributed by atoms with Gasteiger partial charge in [0.1, 0.15) is 11.6 Å². The molecule has 1 aromatic carbocycles. The van der Waals surface area contributed by atoms with Crippen molar-refractivity contribution in [1.82, 2.24) is 19.5 Å². The number of methoxy groups -OCH3 is 1. The lowest BCUT2D eigenvalue weighted by Crippen LogP contribution is -1.98. The Bertz CT molecular complexity index is 772. The molecule has 2 aromatic heterocycles. The van der Waals surface area contributed by atoms with Crippen molar-refractivity contribution in [1.29, 1.82) is 0 Å². The first-order valence-corrected chi connectivity index (χ1v) is 8.11. The summed E-state index contributed by atoms with van der Waals surface area (Å²) < 4.78 is 19.8. The molecule has 0 saturated carbocycles. The predicted octanol–water partition coefficient (Wildman–Crippen LogP) is 2.74. The Morgan fingerprint density at radius 1 is 1.17 bits per heavy atom. The maximum atomic E-state index is 5.61. The molecule has 0 radical (unpaired) electrons. The molecule has 0 fully saturated rings. The molecular formula is C15H17N5O3S. The Labute approximate surface area is 143 Å². The van der Waals surface area contributed by atoms with E-state index in [9.17, 15) is 0 Å². The van der Waals surface area contributed by atoms with Crippen molar-refractivity contribution >= 4 is 22.4 Å². The summed E-state index contributed by atoms with van der Waals surface area (Å²) in [5.41, 5.74) is 0.909. The number of hydrogen-bond donors (Lipinski definition) is 1. The van der Waals surface area contributed by atoms with Crippen molar-refractivity contribution in [2.24, 2.45) is 0 Å². The Hall–Kier alpha value is -2.52. The van der Waals surface area contributed by atoms with Gasteiger partial charge in [0.25, 0.3) is 0 Å². The molecular weight excluding hydrogens is 330 g/mol. The highest BCUT2D eigenvalue weighted by Gasteiger charge is 2.06. The monoisotopic (exact) mass is 347 g/mol. The first-order valence-electron chi connectivity index (χ1n) is 7.33. The Morgan fingerprint density at radius 2 is 2.00 bits per heavy atom. The molecule has 0 spiro atoms. The molecule has 9 heteroatoms. The Kier molecular flexibility index (Phi) is 5.34. The van der Waals surface area contributed by atoms with Crippen LogP contribution in [0.3, 0.4) is 0 Å². The van der Waals surface area contributed by atoms with Crippen LogP contribution >= 0.6 is 11.5 Å². The molecule has 0 bridgehead atoms. The molecule has 0 saturated heterocycles. The van der Waals surface area contributed by atoms with Crippen molar-refractivity contribution in [3.05, 3.63) is 41.8 Å². The van der Waals surface area contributed by atoms with Gasteiger partial charge in [0.15, 0.2) is 6.61 Å². The van der Waals surface area contributed by atoms with Crippen molar-refractivity contribution in [3.63, 3.8) is 0 Å². The number of aromatic nitrogens is 4. The second-order valence-corrected chi connectivity index (χ2v) is 5.68. The topological polar surface area (TPSA) is 95.2 Å². The summed E-state index contributed by atoms with van der Waals surface area (Å²) in [6, 6.07) is 7.55. The number of benzene rings is 1. The van der Waals surface area contributed by atoms with Gasteiger partial charge in [-0.3, -0.25) is 0 Å². The highest BCUT2D eigenvalue weighted by Crippen LogP contribution is 2.21. The molecule has 0 aliphatic carbocycles. The van der Waals surface area contributed by atoms with E-state index in [1.54, 1.807) is 14.0 Å². The molecule has 24 heavy (non-hydrogen) atoms. The van der Waals surface area contributed by atoms with Gasteiger partial charge in [0, 0.05) is 37.7 Å². The van der Waals surface area contributed by atoms with Gasteiger partial charge in [-0.25, -0.2) is 4.98 Å². The summed E-state index contributed by atoms with van der Waals surface area (Å²) in [5, 5.41) is 7.74. The molecule has 8 nitrogen and oxygen atoms in total. The largest absolute Gasteiger partial charge is 0.485 e. The third-order valence-corrected chi connectivity index (χ3v) is 3.71. The highest BCUT2D eigenvalue weighted by atomic mass is 32.1. The number of anilines is 2. The third-order valence-electron chi connectivity index (χ3n) is 3.04. The van der Waals surface area contributed by atoms with Crippen LogP contribution in [0.5, 0.6) is 5.75 Å². The first kappa shape index (κ1) is 16.3. The van der Waals surface area contributed by atoms with E-state index in [0.29, 0.717) is 24.7 Å². The van der Waals surface area contributed by atoms with E-state index in [-0.39, 0.29) is 6.61 Å². The smallest absolute Gasteiger partial charge is 0.223 e. The van der Waals surface area contributed by atoms with Crippen LogP contribution in [0.25, 0.3) is 0 Å². The number of aryl methyl sites for hydroxylation is 1. The first-order chi connectivity index (χ1) is 11.7. The van der Waals surface area contributed by atoms with Crippen molar-refractivity contribution in [2.75, 3.05) is 19.0 Å². The maximum Gasteiger partial charge on any atom is 0.223 e. The second kappa shape index (κ2) is 7.84. The van der Waals surface area contributed by atoms with Gasteiger partial charge in [-0.05, 0) is 24.3 Å². The number of nitrogens with one attached hydrogen (secondary N) is 1. The molecule has 126 valence electrons. The van der Waals surface area contributed by atoms with E-state index in [0.717, 1.165) is 22.4 Å². The number of ether oxygens (including phenoxy) is 2. The SMILES string of the molecule is COCCc1nsc(Nc2ccc(OCc3noc(C)n3)cc2)n1. The van der Waals surface area contributed by atoms with E-state index < -0.39 is 0 Å². The van der Waals surface area contributed by atoms with E-state index in [1.165, 1.54) is 11.5 Å². The summed E-state index contributed by atoms with van der Waals surface area (Å²) in [6.45, 7) is 2.62. The average Bonchev–Trinajstić information content (AvgIpc) is 3.21. The average molecular weight is 347 g/mol. The molecule has 0 aliphatic rings. The summed E-state index contributed by atoms with van der Waals surface area (Å²) >= 11 is 1.32. The zero-order valence-corrected chi connectivity index (χ0v) is 14.2. The maximum absolute atomic E-state index is 5.61. The van der Waals surface area contributed by atoms with Gasteiger partial charge in [0.05, 0.1) is 6.61 Å². The number of rotatable bonds is 8. The molecule has 2 heterocycles. The lowest BCUT2D eigenvalue weighted by Gasteiger charge is -2.05. The van der Waals surface area contributed by atoms with E-state index in [2.05, 4.69) is 24.8 Å². The van der Waals surface area contributed by atoms with Crippen LogP contribution < -0.4 is 10.1 Å². The number of nitrogens with zero attached hydrogens (tertiary/aromatic N) is 4. The van der Waals surface area contributed by atoms with Crippen molar-refractivity contribution in [2.45, 2.75) is 20.0 Å². The van der Waals surface area contributed by atoms with Crippen LogP contribution in [-0.2, 0) is 17.8 Å². The summed E-state index contributed by atoms with van der Waals surface area (Å²) in [6.07, 6.45) is 0.705. The predicted molar refractivity (Wildman–Crippen MR) is 88.6 cm³/mol. The van der Waals surface area contributed by atoms with Gasteiger partial charge in [-0.2, -0.15) is 9.36 Å². The van der Waals surface area contributed by atoms with Crippen LogP contribution in [0.1, 0.15) is 17.5 Å². The van der Waals surface area contributed by atoms with Gasteiger partial charge in [-0.1, -0.05) is 5.16 Å². The zero-order valence-electron chi connectivity index (χ0n) is 13.4. The minimum absolute atomic E-state index is 0.267. The summed E-state index contributed by atoms with van der Waals surface area (Å²) in [5.74, 6) is 2.54. The van der Waals surface area contributed by atoms with Gasteiger partial charge >= 0.3 is 0 Å². The Balaban J connectivity index is 1.53. The molecule has 0 aliphatic heterocycles. The zero-order chi connectivity index (χ0) is 16.8. The second-order valence-electron chi connectivity index (χ2n) is 4.93. The van der Waals surface area contributed by atoms with E-state index in [4.69, 9.17) is 14.0 Å². The van der Waals surface area contributed by atoms with E-state index in [1.807, 2.05) is 24.3 Å². The summed E-state index contributed by atoms with van der Waals surface area (Å²) in [4.78, 5) is 8.49. The lowest BCUT2D eigenvalue weighted by atomic mass is 10.3. The lowest BCUT2D eigenvalue weighted by molar-refractivity contribution is 0.201. The van der Waals surface area contributed by atoms with Crippen LogP contribution in [-0.4, -0.2) is 33.2 Å². The Morgan fingerprint density at radius 3 is 2.71 bits per heavy atom. The normalized spacial score (nSPS) is 10.8. The van der Waals surface area contributed by atoms with Crippen molar-refractivity contribution < 1.29 is 14.0 Å².